The minimum absolute atomic E-state index is 0.0139. The number of hydrogen-bond donors (Lipinski definition) is 1. The van der Waals surface area contributed by atoms with Gasteiger partial charge < -0.3 is 10.2 Å². The third kappa shape index (κ3) is 4.51. The first-order valence-electron chi connectivity index (χ1n) is 10.9. The van der Waals surface area contributed by atoms with Crippen LogP contribution in [0.3, 0.4) is 0 Å². The van der Waals surface area contributed by atoms with Crippen LogP contribution < -0.4 is 10.2 Å². The highest BCUT2D eigenvalue weighted by atomic mass is 16.1. The first-order chi connectivity index (χ1) is 16.2. The third-order valence-electron chi connectivity index (χ3n) is 5.86. The van der Waals surface area contributed by atoms with Gasteiger partial charge in [0.15, 0.2) is 11.5 Å². The molecule has 0 bridgehead atoms. The maximum absolute atomic E-state index is 12.8. The number of rotatable bonds is 6. The zero-order chi connectivity index (χ0) is 22.6. The fourth-order valence-electron chi connectivity index (χ4n) is 4.01. The van der Waals surface area contributed by atoms with E-state index in [0.717, 1.165) is 24.6 Å². The Balaban J connectivity index is 1.33. The highest BCUT2D eigenvalue weighted by Gasteiger charge is 2.30. The molecular formula is C23H25N9O. The molecule has 1 atom stereocenters. The number of aromatic nitrogens is 6. The Bertz CT molecular complexity index is 1230. The summed E-state index contributed by atoms with van der Waals surface area (Å²) in [5, 5.41) is 11.8. The fourth-order valence-corrected chi connectivity index (χ4v) is 4.01. The molecule has 0 aliphatic carbocycles. The second kappa shape index (κ2) is 9.29. The number of carbonyl (C=O) groups excluding carboxylic acids is 1. The van der Waals surface area contributed by atoms with Crippen LogP contribution in [0.15, 0.2) is 61.2 Å². The molecule has 0 aromatic carbocycles. The van der Waals surface area contributed by atoms with E-state index in [9.17, 15) is 4.79 Å². The monoisotopic (exact) mass is 443 g/mol. The number of nitrogens with one attached hydrogen (secondary N) is 1. The molecule has 0 spiro atoms. The Morgan fingerprint density at radius 1 is 1.03 bits per heavy atom. The number of carbonyl (C=O) groups is 1. The van der Waals surface area contributed by atoms with Gasteiger partial charge in [-0.1, -0.05) is 6.07 Å². The van der Waals surface area contributed by atoms with Gasteiger partial charge in [0, 0.05) is 63.1 Å². The topological polar surface area (TPSA) is 104 Å². The minimum atomic E-state index is -0.135. The van der Waals surface area contributed by atoms with Crippen molar-refractivity contribution in [1.82, 2.24) is 39.8 Å². The van der Waals surface area contributed by atoms with Crippen LogP contribution in [0.1, 0.15) is 27.9 Å². The summed E-state index contributed by atoms with van der Waals surface area (Å²) in [6, 6.07) is 11.2. The van der Waals surface area contributed by atoms with Crippen molar-refractivity contribution in [2.45, 2.75) is 12.5 Å². The molecule has 10 heteroatoms. The van der Waals surface area contributed by atoms with Crippen LogP contribution in [0.5, 0.6) is 0 Å². The lowest BCUT2D eigenvalue weighted by molar-refractivity contribution is 0.0953. The second-order valence-electron chi connectivity index (χ2n) is 8.02. The van der Waals surface area contributed by atoms with Gasteiger partial charge in [-0.05, 0) is 37.4 Å². The Kier molecular flexibility index (Phi) is 5.90. The summed E-state index contributed by atoms with van der Waals surface area (Å²) < 4.78 is 1.91. The van der Waals surface area contributed by atoms with Gasteiger partial charge in [0.2, 0.25) is 5.95 Å². The molecular weight excluding hydrogens is 418 g/mol. The lowest BCUT2D eigenvalue weighted by Crippen LogP contribution is -2.47. The van der Waals surface area contributed by atoms with E-state index in [1.165, 1.54) is 0 Å². The van der Waals surface area contributed by atoms with Gasteiger partial charge in [-0.25, -0.2) is 9.97 Å². The van der Waals surface area contributed by atoms with E-state index in [4.69, 9.17) is 0 Å². The molecule has 1 fully saturated rings. The van der Waals surface area contributed by atoms with E-state index in [2.05, 4.69) is 47.3 Å². The lowest BCUT2D eigenvalue weighted by Gasteiger charge is -2.38. The van der Waals surface area contributed by atoms with Gasteiger partial charge in [-0.3, -0.25) is 19.1 Å². The molecule has 1 saturated heterocycles. The Hall–Kier alpha value is -3.92. The molecule has 10 nitrogen and oxygen atoms in total. The maximum Gasteiger partial charge on any atom is 0.252 e. The quantitative estimate of drug-likeness (QED) is 0.477. The highest BCUT2D eigenvalue weighted by molar-refractivity contribution is 5.94. The first kappa shape index (κ1) is 21.0. The van der Waals surface area contributed by atoms with Crippen molar-refractivity contribution >= 4 is 17.5 Å². The zero-order valence-electron chi connectivity index (χ0n) is 18.4. The van der Waals surface area contributed by atoms with E-state index in [0.29, 0.717) is 36.7 Å². The average Bonchev–Trinajstić information content (AvgIpc) is 3.28. The third-order valence-corrected chi connectivity index (χ3v) is 5.86. The molecule has 0 unspecified atom stereocenters. The number of amides is 1. The summed E-state index contributed by atoms with van der Waals surface area (Å²) in [4.78, 5) is 30.2. The molecule has 1 aliphatic heterocycles. The van der Waals surface area contributed by atoms with Crippen LogP contribution in [0.4, 0.5) is 5.95 Å². The van der Waals surface area contributed by atoms with Crippen molar-refractivity contribution in [3.8, 4) is 0 Å². The predicted molar refractivity (Wildman–Crippen MR) is 123 cm³/mol. The van der Waals surface area contributed by atoms with Gasteiger partial charge in [-0.2, -0.15) is 0 Å². The number of likely N-dealkylation sites (N-methyl/N-ethyl adjacent to an activating group) is 1. The lowest BCUT2D eigenvalue weighted by atomic mass is 10.1. The van der Waals surface area contributed by atoms with Crippen molar-refractivity contribution in [1.29, 1.82) is 0 Å². The van der Waals surface area contributed by atoms with Crippen LogP contribution in [0.25, 0.3) is 5.65 Å². The SMILES string of the molecule is CN1CCN(c2ncccn2)C[C@H]1c1nnc2ccc(C(=O)NCCc3ccccn3)cn12. The largest absolute Gasteiger partial charge is 0.352 e. The smallest absolute Gasteiger partial charge is 0.252 e. The summed E-state index contributed by atoms with van der Waals surface area (Å²) in [6.07, 6.45) is 7.75. The van der Waals surface area contributed by atoms with Crippen LogP contribution in [0, 0.1) is 0 Å². The molecule has 1 N–H and O–H groups in total. The van der Waals surface area contributed by atoms with Crippen LogP contribution in [0.2, 0.25) is 0 Å². The summed E-state index contributed by atoms with van der Waals surface area (Å²) >= 11 is 0. The number of anilines is 1. The number of hydrogen-bond acceptors (Lipinski definition) is 8. The maximum atomic E-state index is 12.8. The van der Waals surface area contributed by atoms with Crippen molar-refractivity contribution in [3.05, 3.63) is 78.3 Å². The Morgan fingerprint density at radius 3 is 2.70 bits per heavy atom. The molecule has 168 valence electrons. The normalized spacial score (nSPS) is 16.8. The number of piperazine rings is 1. The summed E-state index contributed by atoms with van der Waals surface area (Å²) in [5.41, 5.74) is 2.21. The molecule has 5 heterocycles. The second-order valence-corrected chi connectivity index (χ2v) is 8.02. The van der Waals surface area contributed by atoms with Crippen LogP contribution in [-0.2, 0) is 6.42 Å². The van der Waals surface area contributed by atoms with Gasteiger partial charge in [0.25, 0.3) is 5.91 Å². The first-order valence-corrected chi connectivity index (χ1v) is 10.9. The van der Waals surface area contributed by atoms with E-state index in [1.54, 1.807) is 24.7 Å². The van der Waals surface area contributed by atoms with Crippen molar-refractivity contribution < 1.29 is 4.79 Å². The summed E-state index contributed by atoms with van der Waals surface area (Å²) in [7, 11) is 2.07. The summed E-state index contributed by atoms with van der Waals surface area (Å²) in [6.45, 7) is 2.87. The number of fused-ring (bicyclic) bond motifs is 1. The molecule has 4 aromatic rings. The standard InChI is InChI=1S/C23H25N9O/c1-30-13-14-31(23-26-10-4-11-27-23)16-19(30)21-29-28-20-7-6-17(15-32(20)21)22(33)25-12-8-18-5-2-3-9-24-18/h2-7,9-11,15,19H,8,12-14,16H2,1H3,(H,25,33)/t19-/m0/s1. The van der Waals surface area contributed by atoms with Gasteiger partial charge in [0.1, 0.15) is 0 Å². The Labute approximate surface area is 191 Å². The van der Waals surface area contributed by atoms with Crippen molar-refractivity contribution in [2.75, 3.05) is 38.1 Å². The van der Waals surface area contributed by atoms with E-state index < -0.39 is 0 Å². The number of nitrogens with zero attached hydrogens (tertiary/aromatic N) is 8. The summed E-state index contributed by atoms with van der Waals surface area (Å²) in [5.74, 6) is 1.36. The Morgan fingerprint density at radius 2 is 1.88 bits per heavy atom. The van der Waals surface area contributed by atoms with E-state index in [-0.39, 0.29) is 11.9 Å². The molecule has 33 heavy (non-hydrogen) atoms. The molecule has 5 rings (SSSR count). The fraction of sp³-hybridized carbons (Fsp3) is 0.304. The molecule has 0 saturated carbocycles. The van der Waals surface area contributed by atoms with Crippen molar-refractivity contribution in [3.63, 3.8) is 0 Å². The van der Waals surface area contributed by atoms with E-state index >= 15 is 0 Å². The number of pyridine rings is 2. The van der Waals surface area contributed by atoms with Gasteiger partial charge in [0.05, 0.1) is 11.6 Å². The van der Waals surface area contributed by atoms with Crippen LogP contribution in [-0.4, -0.2) is 73.6 Å². The van der Waals surface area contributed by atoms with Crippen molar-refractivity contribution in [2.24, 2.45) is 0 Å². The molecule has 4 aromatic heterocycles. The zero-order valence-corrected chi connectivity index (χ0v) is 18.4. The van der Waals surface area contributed by atoms with Gasteiger partial charge in [-0.15, -0.1) is 10.2 Å². The van der Waals surface area contributed by atoms with Gasteiger partial charge >= 0.3 is 0 Å². The molecule has 0 radical (unpaired) electrons. The highest BCUT2D eigenvalue weighted by Crippen LogP contribution is 2.25. The van der Waals surface area contributed by atoms with E-state index in [1.807, 2.05) is 40.9 Å². The van der Waals surface area contributed by atoms with Crippen LogP contribution >= 0.6 is 0 Å². The average molecular weight is 444 g/mol. The molecule has 1 amide bonds. The minimum Gasteiger partial charge on any atom is -0.352 e. The predicted octanol–water partition coefficient (Wildman–Crippen LogP) is 1.38. The molecule has 1 aliphatic rings.